The number of hydrogen-bond donors (Lipinski definition) is 2. The fourth-order valence-electron chi connectivity index (χ4n) is 6.69. The van der Waals surface area contributed by atoms with E-state index >= 15 is 0 Å². The van der Waals surface area contributed by atoms with Crippen molar-refractivity contribution in [2.75, 3.05) is 6.61 Å². The molecule has 1 aromatic heterocycles. The van der Waals surface area contributed by atoms with Crippen LogP contribution in [0.3, 0.4) is 0 Å². The van der Waals surface area contributed by atoms with Gasteiger partial charge in [0, 0.05) is 28.1 Å². The highest BCUT2D eigenvalue weighted by Crippen LogP contribution is 2.47. The summed E-state index contributed by atoms with van der Waals surface area (Å²) in [5.74, 6) is 0.195. The quantitative estimate of drug-likeness (QED) is 0.465. The first-order chi connectivity index (χ1) is 17.6. The number of rotatable bonds is 4. The number of aromatic nitrogens is 1. The van der Waals surface area contributed by atoms with Gasteiger partial charge in [0.25, 0.3) is 5.91 Å². The molecule has 1 aliphatic heterocycles. The van der Waals surface area contributed by atoms with Gasteiger partial charge in [-0.05, 0) is 67.9 Å². The minimum Gasteiger partial charge on any atom is -0.491 e. The Balaban J connectivity index is 1.40. The van der Waals surface area contributed by atoms with Crippen LogP contribution in [-0.4, -0.2) is 34.2 Å². The zero-order chi connectivity index (χ0) is 24.6. The van der Waals surface area contributed by atoms with Crippen LogP contribution in [-0.2, 0) is 11.3 Å². The second kappa shape index (κ2) is 9.64. The fraction of sp³-hybridized carbons (Fsp3) is 0.467. The van der Waals surface area contributed by atoms with E-state index in [4.69, 9.17) is 4.74 Å². The van der Waals surface area contributed by atoms with Gasteiger partial charge in [-0.15, -0.1) is 0 Å². The molecule has 2 aliphatic carbocycles. The molecule has 2 atom stereocenters. The summed E-state index contributed by atoms with van der Waals surface area (Å²) in [6.45, 7) is 1.33. The lowest BCUT2D eigenvalue weighted by molar-refractivity contribution is -0.143. The second-order valence-electron chi connectivity index (χ2n) is 10.7. The third-order valence-corrected chi connectivity index (χ3v) is 8.45. The van der Waals surface area contributed by atoms with Crippen LogP contribution >= 0.6 is 0 Å². The lowest BCUT2D eigenvalue weighted by atomic mass is 9.81. The number of nitrogens with one attached hydrogen (secondary N) is 1. The maximum Gasteiger partial charge on any atom is 0.306 e. The standard InChI is InChI=1S/C30H34N2O4/c33-29(31-22-10-6-9-21(17-22)30(34)35)20-13-14-23-25(18-20)32-15-16-36-26-12-5-4-11-24(26)28(32)27(23)19-7-2-1-3-8-19/h4-5,11-14,18-19,21-22H,1-3,6-10,15-17H2,(H,31,33)(H,34,35). The third kappa shape index (κ3) is 4.16. The molecule has 2 unspecified atom stereocenters. The topological polar surface area (TPSA) is 80.6 Å². The number of hydrogen-bond acceptors (Lipinski definition) is 3. The van der Waals surface area contributed by atoms with Crippen molar-refractivity contribution in [1.82, 2.24) is 9.88 Å². The van der Waals surface area contributed by atoms with Gasteiger partial charge in [-0.2, -0.15) is 0 Å². The Morgan fingerprint density at radius 3 is 2.64 bits per heavy atom. The van der Waals surface area contributed by atoms with Gasteiger partial charge in [-0.1, -0.05) is 43.9 Å². The number of para-hydroxylation sites is 1. The summed E-state index contributed by atoms with van der Waals surface area (Å²) >= 11 is 0. The summed E-state index contributed by atoms with van der Waals surface area (Å²) in [6.07, 6.45) is 9.07. The molecule has 2 saturated carbocycles. The molecule has 1 amide bonds. The first-order valence-electron chi connectivity index (χ1n) is 13.5. The molecule has 0 saturated heterocycles. The molecule has 188 valence electrons. The monoisotopic (exact) mass is 486 g/mol. The number of carbonyl (C=O) groups is 2. The zero-order valence-electron chi connectivity index (χ0n) is 20.7. The summed E-state index contributed by atoms with van der Waals surface area (Å²) in [7, 11) is 0. The van der Waals surface area contributed by atoms with Crippen LogP contribution < -0.4 is 10.1 Å². The lowest BCUT2D eigenvalue weighted by Crippen LogP contribution is -2.39. The van der Waals surface area contributed by atoms with Crippen molar-refractivity contribution in [3.05, 3.63) is 53.6 Å². The van der Waals surface area contributed by atoms with Gasteiger partial charge in [0.2, 0.25) is 0 Å². The van der Waals surface area contributed by atoms with E-state index in [0.29, 0.717) is 30.9 Å². The Kier molecular flexibility index (Phi) is 6.20. The van der Waals surface area contributed by atoms with Crippen LogP contribution in [0, 0.1) is 5.92 Å². The smallest absolute Gasteiger partial charge is 0.306 e. The molecule has 36 heavy (non-hydrogen) atoms. The Morgan fingerprint density at radius 2 is 1.81 bits per heavy atom. The van der Waals surface area contributed by atoms with Crippen LogP contribution in [0.2, 0.25) is 0 Å². The number of fused-ring (bicyclic) bond motifs is 5. The summed E-state index contributed by atoms with van der Waals surface area (Å²) in [6, 6.07) is 14.3. The largest absolute Gasteiger partial charge is 0.491 e. The van der Waals surface area contributed by atoms with Gasteiger partial charge in [0.05, 0.1) is 18.2 Å². The highest BCUT2D eigenvalue weighted by molar-refractivity contribution is 6.01. The Bertz CT molecular complexity index is 1300. The molecule has 2 heterocycles. The predicted octanol–water partition coefficient (Wildman–Crippen LogP) is 6.12. The van der Waals surface area contributed by atoms with Crippen LogP contribution in [0.4, 0.5) is 0 Å². The van der Waals surface area contributed by atoms with E-state index < -0.39 is 5.97 Å². The molecule has 0 radical (unpaired) electrons. The van der Waals surface area contributed by atoms with Crippen molar-refractivity contribution < 1.29 is 19.4 Å². The number of carboxylic acids is 1. The number of aliphatic carboxylic acids is 1. The minimum atomic E-state index is -0.760. The van der Waals surface area contributed by atoms with Gasteiger partial charge >= 0.3 is 5.97 Å². The van der Waals surface area contributed by atoms with E-state index in [-0.39, 0.29) is 17.9 Å². The van der Waals surface area contributed by atoms with E-state index in [2.05, 4.69) is 34.1 Å². The SMILES string of the molecule is O=C(NC1CCCC(C(=O)O)C1)c1ccc2c(C3CCCCC3)c3n(c2c1)CCOc1ccccc1-3. The molecule has 6 heteroatoms. The number of carboxylic acid groups (broad SMARTS) is 1. The normalized spacial score (nSPS) is 22.2. The van der Waals surface area contributed by atoms with E-state index in [1.807, 2.05) is 18.2 Å². The fourth-order valence-corrected chi connectivity index (χ4v) is 6.69. The van der Waals surface area contributed by atoms with Crippen molar-refractivity contribution in [2.45, 2.75) is 76.3 Å². The van der Waals surface area contributed by atoms with Crippen LogP contribution in [0.25, 0.3) is 22.2 Å². The molecule has 0 spiro atoms. The summed E-state index contributed by atoms with van der Waals surface area (Å²) in [5, 5.41) is 13.8. The molecule has 2 aromatic carbocycles. The van der Waals surface area contributed by atoms with Crippen LogP contribution in [0.5, 0.6) is 5.75 Å². The van der Waals surface area contributed by atoms with Crippen molar-refractivity contribution in [3.8, 4) is 17.0 Å². The van der Waals surface area contributed by atoms with E-state index in [1.165, 1.54) is 48.7 Å². The van der Waals surface area contributed by atoms with Crippen molar-refractivity contribution in [1.29, 1.82) is 0 Å². The molecular weight excluding hydrogens is 452 g/mol. The number of carbonyl (C=O) groups excluding carboxylic acids is 1. The van der Waals surface area contributed by atoms with Crippen LogP contribution in [0.15, 0.2) is 42.5 Å². The Hall–Kier alpha value is -3.28. The van der Waals surface area contributed by atoms with E-state index in [0.717, 1.165) is 36.2 Å². The van der Waals surface area contributed by atoms with E-state index in [1.54, 1.807) is 0 Å². The maximum atomic E-state index is 13.3. The number of ether oxygens (including phenoxy) is 1. The zero-order valence-corrected chi connectivity index (χ0v) is 20.7. The molecule has 0 bridgehead atoms. The van der Waals surface area contributed by atoms with Gasteiger partial charge in [-0.25, -0.2) is 0 Å². The first kappa shape index (κ1) is 23.1. The Morgan fingerprint density at radius 1 is 0.972 bits per heavy atom. The van der Waals surface area contributed by atoms with Crippen molar-refractivity contribution in [2.24, 2.45) is 5.92 Å². The molecule has 6 rings (SSSR count). The second-order valence-corrected chi connectivity index (χ2v) is 10.7. The number of nitrogens with zero attached hydrogens (tertiary/aromatic N) is 1. The summed E-state index contributed by atoms with van der Waals surface area (Å²) < 4.78 is 8.50. The third-order valence-electron chi connectivity index (χ3n) is 8.45. The Labute approximate surface area is 211 Å². The molecule has 3 aromatic rings. The average molecular weight is 487 g/mol. The first-order valence-corrected chi connectivity index (χ1v) is 13.5. The summed E-state index contributed by atoms with van der Waals surface area (Å²) in [4.78, 5) is 24.7. The maximum absolute atomic E-state index is 13.3. The average Bonchev–Trinajstić information content (AvgIpc) is 3.10. The molecule has 3 aliphatic rings. The highest BCUT2D eigenvalue weighted by Gasteiger charge is 2.31. The molecule has 2 N–H and O–H groups in total. The van der Waals surface area contributed by atoms with Gasteiger partial charge in [0.1, 0.15) is 12.4 Å². The van der Waals surface area contributed by atoms with E-state index in [9.17, 15) is 14.7 Å². The lowest BCUT2D eigenvalue weighted by Gasteiger charge is -2.27. The van der Waals surface area contributed by atoms with Crippen molar-refractivity contribution >= 4 is 22.8 Å². The predicted molar refractivity (Wildman–Crippen MR) is 140 cm³/mol. The highest BCUT2D eigenvalue weighted by atomic mass is 16.5. The molecular formula is C30H34N2O4. The number of amides is 1. The van der Waals surface area contributed by atoms with Gasteiger partial charge in [0.15, 0.2) is 0 Å². The number of benzene rings is 2. The van der Waals surface area contributed by atoms with Crippen LogP contribution in [0.1, 0.15) is 79.6 Å². The molecule has 2 fully saturated rings. The van der Waals surface area contributed by atoms with Crippen molar-refractivity contribution in [3.63, 3.8) is 0 Å². The minimum absolute atomic E-state index is 0.0921. The van der Waals surface area contributed by atoms with Gasteiger partial charge in [-0.3, -0.25) is 9.59 Å². The van der Waals surface area contributed by atoms with Gasteiger partial charge < -0.3 is 19.7 Å². The molecule has 6 nitrogen and oxygen atoms in total. The summed E-state index contributed by atoms with van der Waals surface area (Å²) in [5.41, 5.74) is 5.52.